The fourth-order valence-electron chi connectivity index (χ4n) is 5.56. The van der Waals surface area contributed by atoms with Gasteiger partial charge in [-0.2, -0.15) is 0 Å². The lowest BCUT2D eigenvalue weighted by Gasteiger charge is -2.27. The zero-order valence-electron chi connectivity index (χ0n) is 24.2. The van der Waals surface area contributed by atoms with E-state index in [1.54, 1.807) is 59.7 Å². The first-order chi connectivity index (χ1) is 19.5. The number of phenolic OH excluding ortho intramolecular Hbond substituents is 1. The largest absolute Gasteiger partial charge is 0.508 e. The van der Waals surface area contributed by atoms with Crippen molar-refractivity contribution in [1.29, 1.82) is 0 Å². The third-order valence-electron chi connectivity index (χ3n) is 7.79. The molecule has 0 saturated carbocycles. The maximum Gasteiger partial charge on any atom is 0.261 e. The molecule has 9 heteroatoms. The second-order valence-electron chi connectivity index (χ2n) is 11.2. The number of hydrogen-bond acceptors (Lipinski definition) is 6. The van der Waals surface area contributed by atoms with Crippen LogP contribution in [0.5, 0.6) is 5.75 Å². The number of fused-ring (bicyclic) bond motifs is 2. The van der Waals surface area contributed by atoms with Crippen LogP contribution in [0.2, 0.25) is 0 Å². The van der Waals surface area contributed by atoms with E-state index in [1.807, 2.05) is 50.2 Å². The van der Waals surface area contributed by atoms with Gasteiger partial charge in [-0.15, -0.1) is 0 Å². The van der Waals surface area contributed by atoms with Gasteiger partial charge < -0.3 is 23.9 Å². The number of carbonyl (C=O) groups is 2. The lowest BCUT2D eigenvalue weighted by molar-refractivity contribution is -0.137. The van der Waals surface area contributed by atoms with Crippen LogP contribution in [0.3, 0.4) is 0 Å². The third kappa shape index (κ3) is 5.37. The van der Waals surface area contributed by atoms with Crippen molar-refractivity contribution in [3.8, 4) is 5.75 Å². The number of pyridine rings is 1. The normalized spacial score (nSPS) is 15.1. The Morgan fingerprint density at radius 3 is 2.37 bits per heavy atom. The summed E-state index contributed by atoms with van der Waals surface area (Å²) in [4.78, 5) is 45.1. The summed E-state index contributed by atoms with van der Waals surface area (Å²) in [6.45, 7) is 9.59. The van der Waals surface area contributed by atoms with Crippen LogP contribution in [0.1, 0.15) is 37.7 Å². The van der Waals surface area contributed by atoms with Crippen LogP contribution in [0.25, 0.3) is 11.0 Å². The zero-order valence-corrected chi connectivity index (χ0v) is 24.2. The standard InChI is InChI=1S/C32H36N4O5/c1-6-36-26-11-10-23(18-27(26)33(5)30(39)32(3,4)31(36)40)20-34(19-22-8-7-9-24(37)17-22)14-15-35-13-12-28-25(29(35)38)16-21(2)41-28/h7-13,16-18,37H,6,14-15,19-20H2,1-5H3. The number of amides is 2. The van der Waals surface area contributed by atoms with Gasteiger partial charge in [-0.25, -0.2) is 0 Å². The van der Waals surface area contributed by atoms with E-state index in [4.69, 9.17) is 4.42 Å². The Bertz CT molecular complexity index is 1690. The summed E-state index contributed by atoms with van der Waals surface area (Å²) in [5.41, 5.74) is 2.58. The molecular formula is C32H36N4O5. The van der Waals surface area contributed by atoms with Crippen molar-refractivity contribution in [3.05, 3.63) is 88.0 Å². The Balaban J connectivity index is 1.46. The molecule has 2 amide bonds. The average molecular weight is 557 g/mol. The minimum atomic E-state index is -1.17. The highest BCUT2D eigenvalue weighted by Gasteiger charge is 2.45. The van der Waals surface area contributed by atoms with E-state index in [0.29, 0.717) is 60.8 Å². The monoisotopic (exact) mass is 556 g/mol. The molecule has 0 radical (unpaired) electrons. The molecule has 1 N–H and O–H groups in total. The number of aromatic hydroxyl groups is 1. The van der Waals surface area contributed by atoms with E-state index in [-0.39, 0.29) is 23.1 Å². The summed E-state index contributed by atoms with van der Waals surface area (Å²) in [6, 6.07) is 16.6. The fourth-order valence-corrected chi connectivity index (χ4v) is 5.56. The number of aromatic nitrogens is 1. The van der Waals surface area contributed by atoms with Crippen molar-refractivity contribution >= 4 is 34.2 Å². The number of nitrogens with zero attached hydrogens (tertiary/aromatic N) is 4. The van der Waals surface area contributed by atoms with Gasteiger partial charge in [0.1, 0.15) is 22.5 Å². The maximum absolute atomic E-state index is 13.3. The summed E-state index contributed by atoms with van der Waals surface area (Å²) >= 11 is 0. The van der Waals surface area contributed by atoms with Gasteiger partial charge in [0.25, 0.3) is 5.56 Å². The van der Waals surface area contributed by atoms with Gasteiger partial charge in [0.15, 0.2) is 0 Å². The molecule has 0 fully saturated rings. The van der Waals surface area contributed by atoms with Crippen LogP contribution in [0.4, 0.5) is 11.4 Å². The average Bonchev–Trinajstić information content (AvgIpc) is 3.31. The molecule has 0 unspecified atom stereocenters. The van der Waals surface area contributed by atoms with Gasteiger partial charge in [-0.05, 0) is 75.2 Å². The molecule has 0 bridgehead atoms. The van der Waals surface area contributed by atoms with Gasteiger partial charge >= 0.3 is 0 Å². The molecule has 1 aliphatic heterocycles. The lowest BCUT2D eigenvalue weighted by Crippen LogP contribution is -2.47. The van der Waals surface area contributed by atoms with Crippen LogP contribution in [0, 0.1) is 12.3 Å². The molecule has 3 heterocycles. The van der Waals surface area contributed by atoms with Crippen molar-refractivity contribution < 1.29 is 19.1 Å². The van der Waals surface area contributed by atoms with Crippen LogP contribution >= 0.6 is 0 Å². The first-order valence-corrected chi connectivity index (χ1v) is 13.8. The van der Waals surface area contributed by atoms with Crippen LogP contribution in [0.15, 0.2) is 70.0 Å². The first kappa shape index (κ1) is 28.2. The number of phenols is 1. The van der Waals surface area contributed by atoms with E-state index < -0.39 is 5.41 Å². The van der Waals surface area contributed by atoms with Crippen molar-refractivity contribution in [1.82, 2.24) is 9.47 Å². The highest BCUT2D eigenvalue weighted by atomic mass is 16.3. The molecule has 214 valence electrons. The Morgan fingerprint density at radius 2 is 1.66 bits per heavy atom. The molecule has 0 saturated heterocycles. The summed E-state index contributed by atoms with van der Waals surface area (Å²) in [6.07, 6.45) is 1.75. The minimum Gasteiger partial charge on any atom is -0.508 e. The van der Waals surface area contributed by atoms with Gasteiger partial charge in [0.05, 0.1) is 16.8 Å². The number of carbonyl (C=O) groups excluding carboxylic acids is 2. The quantitative estimate of drug-likeness (QED) is 0.317. The van der Waals surface area contributed by atoms with Gasteiger partial charge in [0, 0.05) is 46.0 Å². The predicted octanol–water partition coefficient (Wildman–Crippen LogP) is 4.67. The van der Waals surface area contributed by atoms with E-state index in [2.05, 4.69) is 4.90 Å². The predicted molar refractivity (Wildman–Crippen MR) is 159 cm³/mol. The molecule has 0 spiro atoms. The van der Waals surface area contributed by atoms with Gasteiger partial charge in [-0.1, -0.05) is 18.2 Å². The lowest BCUT2D eigenvalue weighted by atomic mass is 9.90. The van der Waals surface area contributed by atoms with E-state index in [9.17, 15) is 19.5 Å². The summed E-state index contributed by atoms with van der Waals surface area (Å²) in [5, 5.41) is 10.6. The van der Waals surface area contributed by atoms with Crippen LogP contribution in [-0.2, 0) is 29.2 Å². The SMILES string of the molecule is CCN1C(=O)C(C)(C)C(=O)N(C)c2cc(CN(CCn3ccc4oc(C)cc4c3=O)Cc3cccc(O)c3)ccc21. The number of aryl methyl sites for hydroxylation is 1. The Kier molecular flexibility index (Phi) is 7.48. The molecule has 4 aromatic rings. The highest BCUT2D eigenvalue weighted by molar-refractivity contribution is 6.19. The minimum absolute atomic E-state index is 0.103. The summed E-state index contributed by atoms with van der Waals surface area (Å²) < 4.78 is 7.29. The number of furan rings is 1. The van der Waals surface area contributed by atoms with Crippen LogP contribution < -0.4 is 15.4 Å². The Morgan fingerprint density at radius 1 is 0.927 bits per heavy atom. The van der Waals surface area contributed by atoms with Crippen LogP contribution in [-0.4, -0.2) is 46.5 Å². The van der Waals surface area contributed by atoms with E-state index in [0.717, 1.165) is 11.1 Å². The van der Waals surface area contributed by atoms with E-state index in [1.165, 1.54) is 0 Å². The first-order valence-electron chi connectivity index (χ1n) is 13.8. The Labute approximate surface area is 239 Å². The highest BCUT2D eigenvalue weighted by Crippen LogP contribution is 2.39. The van der Waals surface area contributed by atoms with Crippen molar-refractivity contribution in [3.63, 3.8) is 0 Å². The smallest absolute Gasteiger partial charge is 0.261 e. The molecule has 0 aliphatic carbocycles. The second-order valence-corrected chi connectivity index (χ2v) is 11.2. The number of benzene rings is 2. The third-order valence-corrected chi connectivity index (χ3v) is 7.79. The zero-order chi connectivity index (χ0) is 29.5. The van der Waals surface area contributed by atoms with Gasteiger partial charge in [0.2, 0.25) is 11.8 Å². The maximum atomic E-state index is 13.3. The van der Waals surface area contributed by atoms with Gasteiger partial charge in [-0.3, -0.25) is 19.3 Å². The molecule has 9 nitrogen and oxygen atoms in total. The molecule has 5 rings (SSSR count). The number of hydrogen-bond donors (Lipinski definition) is 1. The molecule has 2 aromatic carbocycles. The topological polar surface area (TPSA) is 99.2 Å². The molecular weight excluding hydrogens is 520 g/mol. The molecule has 2 aromatic heterocycles. The van der Waals surface area contributed by atoms with Crippen molar-refractivity contribution in [2.75, 3.05) is 29.9 Å². The Hall–Kier alpha value is -4.37. The van der Waals surface area contributed by atoms with Crippen molar-refractivity contribution in [2.24, 2.45) is 5.41 Å². The molecule has 41 heavy (non-hydrogen) atoms. The summed E-state index contributed by atoms with van der Waals surface area (Å²) in [5.74, 6) is 0.414. The fraction of sp³-hybridized carbons (Fsp3) is 0.344. The molecule has 1 aliphatic rings. The number of rotatable bonds is 8. The van der Waals surface area contributed by atoms with Crippen molar-refractivity contribution in [2.45, 2.75) is 47.3 Å². The second kappa shape index (κ2) is 10.9. The van der Waals surface area contributed by atoms with E-state index >= 15 is 0 Å². The number of anilines is 2. The molecule has 0 atom stereocenters. The summed E-state index contributed by atoms with van der Waals surface area (Å²) in [7, 11) is 1.71.